The van der Waals surface area contributed by atoms with Crippen LogP contribution in [0.3, 0.4) is 0 Å². The third-order valence-corrected chi connectivity index (χ3v) is 15.3. The van der Waals surface area contributed by atoms with Crippen LogP contribution in [0.2, 0.25) is 0 Å². The first kappa shape index (κ1) is 56.1. The maximum atomic E-state index is 6.95. The molecule has 84 heavy (non-hydrogen) atoms. The lowest BCUT2D eigenvalue weighted by Crippen LogP contribution is -2.17. The Labute approximate surface area is 498 Å². The van der Waals surface area contributed by atoms with E-state index in [0.717, 1.165) is 79.7 Å². The molecular weight excluding hydrogens is 1020 g/mol. The number of para-hydroxylation sites is 8. The lowest BCUT2D eigenvalue weighted by atomic mass is 9.96. The summed E-state index contributed by atoms with van der Waals surface area (Å²) >= 11 is 0. The molecule has 0 N–H and O–H groups in total. The Kier molecular flexibility index (Phi) is 17.1. The summed E-state index contributed by atoms with van der Waals surface area (Å²) in [7, 11) is 0. The lowest BCUT2D eigenvalue weighted by molar-refractivity contribution is 0.482. The van der Waals surface area contributed by atoms with Crippen molar-refractivity contribution in [3.05, 3.63) is 301 Å². The molecule has 0 aliphatic rings. The molecule has 0 aromatic heterocycles. The normalized spacial score (nSPS) is 11.3. The molecule has 0 aliphatic heterocycles. The smallest absolute Gasteiger partial charge is 0.131 e. The molecule has 11 aromatic rings. The molecule has 0 saturated heterocycles. The number of hydrogen-bond acceptors (Lipinski definition) is 6. The van der Waals surface area contributed by atoms with Crippen molar-refractivity contribution in [2.24, 2.45) is 0 Å². The molecule has 6 heteroatoms. The van der Waals surface area contributed by atoms with E-state index in [4.69, 9.17) is 9.47 Å². The number of rotatable bonds is 20. The van der Waals surface area contributed by atoms with E-state index < -0.39 is 0 Å². The summed E-state index contributed by atoms with van der Waals surface area (Å²) in [6.07, 6.45) is 0. The largest absolute Gasteiger partial charge is 0.457 e. The number of nitrogens with zero attached hydrogens (tertiary/aromatic N) is 4. The van der Waals surface area contributed by atoms with Gasteiger partial charge in [0.05, 0.1) is 22.7 Å². The van der Waals surface area contributed by atoms with Crippen molar-refractivity contribution in [1.82, 2.24) is 0 Å². The highest BCUT2D eigenvalue weighted by atomic mass is 16.5. The first-order valence-electron chi connectivity index (χ1n) is 29.5. The van der Waals surface area contributed by atoms with Crippen molar-refractivity contribution >= 4 is 68.2 Å². The van der Waals surface area contributed by atoms with Gasteiger partial charge < -0.3 is 29.1 Å². The molecule has 0 heterocycles. The van der Waals surface area contributed by atoms with Crippen molar-refractivity contribution in [1.29, 1.82) is 0 Å². The van der Waals surface area contributed by atoms with E-state index in [1.807, 2.05) is 60.7 Å². The summed E-state index contributed by atoms with van der Waals surface area (Å²) in [6.45, 7) is 18.2. The van der Waals surface area contributed by atoms with Crippen LogP contribution in [0.4, 0.5) is 68.2 Å². The second kappa shape index (κ2) is 25.6. The molecule has 11 aromatic carbocycles. The fourth-order valence-electron chi connectivity index (χ4n) is 11.4. The monoisotopic (exact) mass is 1100 g/mol. The first-order chi connectivity index (χ1) is 41.0. The van der Waals surface area contributed by atoms with Crippen molar-refractivity contribution in [2.75, 3.05) is 19.6 Å². The van der Waals surface area contributed by atoms with E-state index in [1.54, 1.807) is 0 Å². The van der Waals surface area contributed by atoms with E-state index in [0.29, 0.717) is 11.5 Å². The highest BCUT2D eigenvalue weighted by Gasteiger charge is 2.27. The average molecular weight is 1100 g/mol. The maximum Gasteiger partial charge on any atom is 0.131 e. The molecule has 6 nitrogen and oxygen atoms in total. The van der Waals surface area contributed by atoms with Crippen LogP contribution < -0.4 is 29.1 Å². The highest BCUT2D eigenvalue weighted by Crippen LogP contribution is 2.50. The quantitative estimate of drug-likeness (QED) is 0.0756. The predicted molar refractivity (Wildman–Crippen MR) is 355 cm³/mol. The molecule has 0 saturated carbocycles. The fraction of sp³-hybridized carbons (Fsp3) is 0.154. The minimum atomic E-state index is 0.255. The minimum absolute atomic E-state index is 0.255. The number of ether oxygens (including phenoxy) is 2. The van der Waals surface area contributed by atoms with E-state index in [9.17, 15) is 0 Å². The summed E-state index contributed by atoms with van der Waals surface area (Å²) in [6, 6.07) is 98.9. The molecule has 0 atom stereocenters. The highest BCUT2D eigenvalue weighted by molar-refractivity contribution is 5.90. The van der Waals surface area contributed by atoms with Crippen molar-refractivity contribution in [2.45, 2.75) is 79.1 Å². The molecule has 0 aliphatic carbocycles. The Hall–Kier alpha value is -9.78. The number of benzene rings is 11. The van der Waals surface area contributed by atoms with Crippen LogP contribution in [0, 0.1) is 0 Å². The summed E-state index contributed by atoms with van der Waals surface area (Å²) in [5.74, 6) is 3.93. The van der Waals surface area contributed by atoms with Gasteiger partial charge in [-0.15, -0.1) is 0 Å². The Bertz CT molecular complexity index is 3600. The topological polar surface area (TPSA) is 31.4 Å². The van der Waals surface area contributed by atoms with E-state index in [1.165, 1.54) is 22.3 Å². The number of anilines is 12. The summed E-state index contributed by atoms with van der Waals surface area (Å²) in [5.41, 5.74) is 17.1. The van der Waals surface area contributed by atoms with Gasteiger partial charge in [-0.3, -0.25) is 0 Å². The van der Waals surface area contributed by atoms with Gasteiger partial charge in [0.25, 0.3) is 0 Å². The summed E-state index contributed by atoms with van der Waals surface area (Å²) in [5, 5.41) is 0. The van der Waals surface area contributed by atoms with Gasteiger partial charge in [0.15, 0.2) is 0 Å². The molecule has 0 amide bonds. The second-order valence-corrected chi connectivity index (χ2v) is 22.6. The Morgan fingerprint density at radius 1 is 0.202 bits per heavy atom. The summed E-state index contributed by atoms with van der Waals surface area (Å²) in [4.78, 5) is 9.58. The van der Waals surface area contributed by atoms with Crippen LogP contribution in [-0.4, -0.2) is 0 Å². The third kappa shape index (κ3) is 12.4. The lowest BCUT2D eigenvalue weighted by Gasteiger charge is -2.34. The standard InChI is InChI=1S/C78H74N4O2/c1-55(2)71-40-21-25-44-75(71)81(76-45-26-22-41-72(76)56(3)4)65-49-63(51-69(53-65)83-67-36-17-11-18-37-67)79(59-30-13-9-14-31-59)61-34-29-35-62(48-61)80(60-32-15-10-16-33-60)64-50-66(54-70(52-64)84-68-38-19-12-20-39-68)82(77-46-27-23-42-73(77)57(5)6)78-47-28-24-43-74(78)58(7)8/h9-58H,1-8H3. The van der Waals surface area contributed by atoms with Gasteiger partial charge in [0.2, 0.25) is 0 Å². The zero-order chi connectivity index (χ0) is 58.1. The zero-order valence-electron chi connectivity index (χ0n) is 49.5. The van der Waals surface area contributed by atoms with E-state index in [2.05, 4.69) is 293 Å². The van der Waals surface area contributed by atoms with Gasteiger partial charge in [-0.25, -0.2) is 0 Å². The van der Waals surface area contributed by atoms with Crippen LogP contribution in [0.1, 0.15) is 101 Å². The maximum absolute atomic E-state index is 6.95. The van der Waals surface area contributed by atoms with Gasteiger partial charge in [0.1, 0.15) is 23.0 Å². The van der Waals surface area contributed by atoms with Gasteiger partial charge in [0, 0.05) is 69.8 Å². The van der Waals surface area contributed by atoms with Crippen LogP contribution in [0.15, 0.2) is 279 Å². The Morgan fingerprint density at radius 3 is 0.738 bits per heavy atom. The van der Waals surface area contributed by atoms with Gasteiger partial charge in [-0.1, -0.05) is 207 Å². The van der Waals surface area contributed by atoms with E-state index >= 15 is 0 Å². The third-order valence-electron chi connectivity index (χ3n) is 15.3. The zero-order valence-corrected chi connectivity index (χ0v) is 49.5. The van der Waals surface area contributed by atoms with Crippen LogP contribution in [0.5, 0.6) is 23.0 Å². The summed E-state index contributed by atoms with van der Waals surface area (Å²) < 4.78 is 13.9. The molecule has 11 rings (SSSR count). The first-order valence-corrected chi connectivity index (χ1v) is 29.5. The average Bonchev–Trinajstić information content (AvgIpc) is 1.85. The van der Waals surface area contributed by atoms with Crippen LogP contribution in [-0.2, 0) is 0 Å². The molecule has 0 spiro atoms. The van der Waals surface area contributed by atoms with E-state index in [-0.39, 0.29) is 23.7 Å². The van der Waals surface area contributed by atoms with Gasteiger partial charge in [-0.2, -0.15) is 0 Å². The Morgan fingerprint density at radius 2 is 0.440 bits per heavy atom. The van der Waals surface area contributed by atoms with Crippen molar-refractivity contribution in [3.8, 4) is 23.0 Å². The van der Waals surface area contributed by atoms with Crippen LogP contribution >= 0.6 is 0 Å². The van der Waals surface area contributed by atoms with Gasteiger partial charge in [-0.05, 0) is 149 Å². The molecular formula is C78H74N4O2. The predicted octanol–water partition coefficient (Wildman–Crippen LogP) is 23.6. The number of hydrogen-bond donors (Lipinski definition) is 0. The molecule has 0 radical (unpaired) electrons. The molecule has 0 bridgehead atoms. The molecule has 418 valence electrons. The van der Waals surface area contributed by atoms with Crippen LogP contribution in [0.25, 0.3) is 0 Å². The van der Waals surface area contributed by atoms with Crippen molar-refractivity contribution < 1.29 is 9.47 Å². The SMILES string of the molecule is CC(C)c1ccccc1N(c1cc(Oc2ccccc2)cc(N(c2ccccc2)c2cccc(N(c3ccccc3)c3cc(Oc4ccccc4)cc(N(c4ccccc4C(C)C)c4ccccc4C(C)C)c3)c2)c1)c1ccccc1C(C)C. The Balaban J connectivity index is 1.15. The van der Waals surface area contributed by atoms with Crippen molar-refractivity contribution in [3.63, 3.8) is 0 Å². The minimum Gasteiger partial charge on any atom is -0.457 e. The molecule has 0 fully saturated rings. The van der Waals surface area contributed by atoms with Gasteiger partial charge >= 0.3 is 0 Å². The molecule has 0 unspecified atom stereocenters. The fourth-order valence-corrected chi connectivity index (χ4v) is 11.4. The second-order valence-electron chi connectivity index (χ2n) is 22.6.